The number of ether oxygens (including phenoxy) is 1. The van der Waals surface area contributed by atoms with Crippen LogP contribution in [-0.4, -0.2) is 17.5 Å². The second kappa shape index (κ2) is 5.62. The number of para-hydroxylation sites is 1. The number of nitrogens with zero attached hydrogens (tertiary/aromatic N) is 1. The second-order valence-electron chi connectivity index (χ2n) is 3.69. The minimum atomic E-state index is -0.675. The van der Waals surface area contributed by atoms with Gasteiger partial charge in [-0.2, -0.15) is 11.3 Å². The van der Waals surface area contributed by atoms with Gasteiger partial charge in [0.2, 0.25) is 0 Å². The summed E-state index contributed by atoms with van der Waals surface area (Å²) in [5.74, 6) is -0.675. The number of carbonyl (C=O) groups is 1. The number of hydrogen-bond donors (Lipinski definition) is 0. The van der Waals surface area contributed by atoms with Crippen LogP contribution in [0.15, 0.2) is 35.0 Å². The van der Waals surface area contributed by atoms with E-state index in [2.05, 4.69) is 0 Å². The summed E-state index contributed by atoms with van der Waals surface area (Å²) in [6, 6.07) is 6.43. The van der Waals surface area contributed by atoms with Crippen molar-refractivity contribution in [2.75, 3.05) is 6.61 Å². The molecule has 1 heterocycles. The van der Waals surface area contributed by atoms with E-state index in [0.29, 0.717) is 5.56 Å². The van der Waals surface area contributed by atoms with Crippen LogP contribution in [0.2, 0.25) is 0 Å². The predicted octanol–water partition coefficient (Wildman–Crippen LogP) is 3.50. The van der Waals surface area contributed by atoms with Crippen LogP contribution in [0.3, 0.4) is 0 Å². The van der Waals surface area contributed by atoms with E-state index in [1.165, 1.54) is 17.4 Å². The maximum Gasteiger partial charge on any atom is 0.345 e. The fraction of sp³-hybridized carbons (Fsp3) is 0.154. The Kier molecular flexibility index (Phi) is 3.91. The smallest absolute Gasteiger partial charge is 0.345 e. The van der Waals surface area contributed by atoms with Crippen molar-refractivity contribution in [3.63, 3.8) is 0 Å². The summed E-state index contributed by atoms with van der Waals surface area (Å²) in [6.45, 7) is 1.84. The maximum absolute atomic E-state index is 11.8. The molecule has 0 fully saturated rings. The van der Waals surface area contributed by atoms with Crippen LogP contribution < -0.4 is 0 Å². The Morgan fingerprint density at radius 3 is 2.79 bits per heavy atom. The first-order chi connectivity index (χ1) is 9.15. The fourth-order valence-electron chi connectivity index (χ4n) is 1.76. The van der Waals surface area contributed by atoms with Crippen LogP contribution >= 0.6 is 11.3 Å². The number of esters is 1. The monoisotopic (exact) mass is 277 g/mol. The molecule has 0 atom stereocenters. The van der Waals surface area contributed by atoms with Gasteiger partial charge in [-0.15, -0.1) is 0 Å². The van der Waals surface area contributed by atoms with Gasteiger partial charge in [0.15, 0.2) is 0 Å². The average Bonchev–Trinajstić information content (AvgIpc) is 2.91. The van der Waals surface area contributed by atoms with Gasteiger partial charge in [-0.05, 0) is 41.4 Å². The van der Waals surface area contributed by atoms with Crippen molar-refractivity contribution in [1.82, 2.24) is 0 Å². The molecule has 0 aliphatic heterocycles. The summed E-state index contributed by atoms with van der Waals surface area (Å²) in [6.07, 6.45) is 0. The van der Waals surface area contributed by atoms with Crippen molar-refractivity contribution in [3.8, 4) is 11.1 Å². The molecule has 0 unspecified atom stereocenters. The van der Waals surface area contributed by atoms with E-state index in [1.54, 1.807) is 30.5 Å². The van der Waals surface area contributed by atoms with Crippen LogP contribution in [0.5, 0.6) is 0 Å². The van der Waals surface area contributed by atoms with Crippen molar-refractivity contribution in [3.05, 3.63) is 50.7 Å². The van der Waals surface area contributed by atoms with E-state index in [0.717, 1.165) is 5.56 Å². The van der Waals surface area contributed by atoms with Crippen LogP contribution in [-0.2, 0) is 4.74 Å². The van der Waals surface area contributed by atoms with Crippen molar-refractivity contribution in [1.29, 1.82) is 0 Å². The van der Waals surface area contributed by atoms with Crippen molar-refractivity contribution in [2.24, 2.45) is 0 Å². The standard InChI is InChI=1S/C13H11NO4S/c1-2-18-13(15)11-5-3-4-10(12(11)14(16)17)9-6-7-19-8-9/h3-8H,2H2,1H3. The van der Waals surface area contributed by atoms with Gasteiger partial charge in [0, 0.05) is 0 Å². The maximum atomic E-state index is 11.8. The minimum absolute atomic E-state index is 0.0180. The molecule has 6 heteroatoms. The molecule has 0 N–H and O–H groups in total. The summed E-state index contributed by atoms with van der Waals surface area (Å²) in [5.41, 5.74) is 0.926. The molecule has 0 amide bonds. The topological polar surface area (TPSA) is 69.4 Å². The number of hydrogen-bond acceptors (Lipinski definition) is 5. The third-order valence-corrected chi connectivity index (χ3v) is 3.23. The molecule has 1 aromatic heterocycles. The number of rotatable bonds is 4. The number of nitro benzene ring substituents is 1. The molecule has 0 aliphatic carbocycles. The minimum Gasteiger partial charge on any atom is -0.462 e. The molecule has 0 radical (unpaired) electrons. The van der Waals surface area contributed by atoms with Crippen LogP contribution in [0.25, 0.3) is 11.1 Å². The SMILES string of the molecule is CCOC(=O)c1cccc(-c2ccsc2)c1[N+](=O)[O-]. The zero-order valence-electron chi connectivity index (χ0n) is 10.2. The lowest BCUT2D eigenvalue weighted by Crippen LogP contribution is -2.08. The lowest BCUT2D eigenvalue weighted by molar-refractivity contribution is -0.384. The highest BCUT2D eigenvalue weighted by Crippen LogP contribution is 2.34. The van der Waals surface area contributed by atoms with Crippen LogP contribution in [0, 0.1) is 10.1 Å². The van der Waals surface area contributed by atoms with Gasteiger partial charge < -0.3 is 4.74 Å². The highest BCUT2D eigenvalue weighted by molar-refractivity contribution is 7.08. The Morgan fingerprint density at radius 1 is 1.42 bits per heavy atom. The van der Waals surface area contributed by atoms with E-state index in [-0.39, 0.29) is 17.9 Å². The third kappa shape index (κ3) is 2.63. The van der Waals surface area contributed by atoms with Gasteiger partial charge in [0.1, 0.15) is 5.56 Å². The van der Waals surface area contributed by atoms with Crippen molar-refractivity contribution < 1.29 is 14.5 Å². The zero-order chi connectivity index (χ0) is 13.8. The highest BCUT2D eigenvalue weighted by Gasteiger charge is 2.26. The Morgan fingerprint density at radius 2 is 2.21 bits per heavy atom. The average molecular weight is 277 g/mol. The number of benzene rings is 1. The summed E-state index contributed by atoms with van der Waals surface area (Å²) in [4.78, 5) is 22.5. The van der Waals surface area contributed by atoms with E-state index in [9.17, 15) is 14.9 Å². The van der Waals surface area contributed by atoms with E-state index >= 15 is 0 Å². The lowest BCUT2D eigenvalue weighted by atomic mass is 10.0. The molecule has 0 aliphatic rings. The molecule has 0 saturated carbocycles. The normalized spacial score (nSPS) is 10.2. The highest BCUT2D eigenvalue weighted by atomic mass is 32.1. The fourth-order valence-corrected chi connectivity index (χ4v) is 2.42. The number of nitro groups is 1. The zero-order valence-corrected chi connectivity index (χ0v) is 11.0. The van der Waals surface area contributed by atoms with Gasteiger partial charge in [0.25, 0.3) is 5.69 Å². The van der Waals surface area contributed by atoms with E-state index < -0.39 is 10.9 Å². The Balaban J connectivity index is 2.60. The molecule has 5 nitrogen and oxygen atoms in total. The molecule has 2 rings (SSSR count). The van der Waals surface area contributed by atoms with E-state index in [4.69, 9.17) is 4.74 Å². The largest absolute Gasteiger partial charge is 0.462 e. The molecule has 19 heavy (non-hydrogen) atoms. The molecule has 2 aromatic rings. The van der Waals surface area contributed by atoms with E-state index in [1.807, 2.05) is 5.38 Å². The first-order valence-electron chi connectivity index (χ1n) is 5.62. The first kappa shape index (κ1) is 13.2. The Hall–Kier alpha value is -2.21. The first-order valence-corrected chi connectivity index (χ1v) is 6.56. The van der Waals surface area contributed by atoms with Gasteiger partial charge in [-0.25, -0.2) is 4.79 Å². The summed E-state index contributed by atoms with van der Waals surface area (Å²) in [5, 5.41) is 14.9. The molecule has 98 valence electrons. The Labute approximate surface area is 113 Å². The lowest BCUT2D eigenvalue weighted by Gasteiger charge is -2.06. The van der Waals surface area contributed by atoms with Gasteiger partial charge in [-0.1, -0.05) is 6.07 Å². The molecule has 1 aromatic carbocycles. The van der Waals surface area contributed by atoms with Crippen LogP contribution in [0.4, 0.5) is 5.69 Å². The molecule has 0 saturated heterocycles. The summed E-state index contributed by atoms with van der Waals surface area (Å²) in [7, 11) is 0. The number of thiophene rings is 1. The molecular weight excluding hydrogens is 266 g/mol. The molecular formula is C13H11NO4S. The Bertz CT molecular complexity index is 607. The van der Waals surface area contributed by atoms with Crippen LogP contribution in [0.1, 0.15) is 17.3 Å². The predicted molar refractivity (Wildman–Crippen MR) is 72.4 cm³/mol. The van der Waals surface area contributed by atoms with Crippen molar-refractivity contribution >= 4 is 23.0 Å². The van der Waals surface area contributed by atoms with Gasteiger partial charge >= 0.3 is 5.97 Å². The number of carbonyl (C=O) groups excluding carboxylic acids is 1. The summed E-state index contributed by atoms with van der Waals surface area (Å²) >= 11 is 1.44. The van der Waals surface area contributed by atoms with Gasteiger partial charge in [-0.3, -0.25) is 10.1 Å². The van der Waals surface area contributed by atoms with Gasteiger partial charge in [0.05, 0.1) is 17.1 Å². The third-order valence-electron chi connectivity index (χ3n) is 2.55. The second-order valence-corrected chi connectivity index (χ2v) is 4.47. The molecule has 0 bridgehead atoms. The molecule has 0 spiro atoms. The quantitative estimate of drug-likeness (QED) is 0.487. The van der Waals surface area contributed by atoms with Crippen molar-refractivity contribution in [2.45, 2.75) is 6.92 Å². The summed E-state index contributed by atoms with van der Waals surface area (Å²) < 4.78 is 4.85.